The zero-order valence-electron chi connectivity index (χ0n) is 78.1. The number of rotatable bonds is 4. The molecule has 8 heteroatoms. The lowest BCUT2D eigenvalue weighted by Crippen LogP contribution is -2.50. The van der Waals surface area contributed by atoms with E-state index in [2.05, 4.69) is 376 Å². The number of aromatic nitrogens is 8. The Kier molecular flexibility index (Phi) is 16.7. The van der Waals surface area contributed by atoms with E-state index in [1.165, 1.54) is 295 Å². The maximum Gasteiger partial charge on any atom is 0.295 e. The lowest BCUT2D eigenvalue weighted by molar-refractivity contribution is -0.643. The molecule has 0 radical (unpaired) electrons. The zero-order chi connectivity index (χ0) is 87.8. The molecule has 6 aliphatic rings. The van der Waals surface area contributed by atoms with Gasteiger partial charge in [-0.25, -0.2) is 18.3 Å². The number of nitrogens with zero attached hydrogens (tertiary/aromatic N) is 8. The number of para-hydroxylation sites is 1. The Morgan fingerprint density at radius 2 is 0.624 bits per heavy atom. The third-order valence-electron chi connectivity index (χ3n) is 32.2. The summed E-state index contributed by atoms with van der Waals surface area (Å²) in [5, 5.41) is 15.4. The molecule has 20 aromatic rings. The average Bonchev–Trinajstić information content (AvgIpc) is 1.42. The van der Waals surface area contributed by atoms with Crippen LogP contribution in [0.5, 0.6) is 0 Å². The van der Waals surface area contributed by atoms with Crippen LogP contribution in [0.3, 0.4) is 0 Å². The highest BCUT2D eigenvalue weighted by atomic mass is 15.2. The van der Waals surface area contributed by atoms with Crippen molar-refractivity contribution >= 4 is 109 Å². The van der Waals surface area contributed by atoms with Crippen LogP contribution < -0.4 is 18.3 Å². The summed E-state index contributed by atoms with van der Waals surface area (Å²) in [6, 6.07) is 86.6. The molecule has 4 aliphatic carbocycles. The first-order chi connectivity index (χ1) is 61.9. The molecule has 26 rings (SSSR count). The Hall–Kier alpha value is -12.5. The standard InChI is InChI=1S/2C33H33N2.C26H25N2.C25H23N2/c2*1-21-11-9-14-24-26-22(2)15-16-25-29(26)35-30(33-18-8-7-17-32(25,33)19-10-20-33)28(23-12-5-4-6-13-23)34(3)31(35)27(21)24;1-16-12-13-22-21(14-16)20-11-7-10-19(4)25(20)26-27(5)15-23(28(22)26)24-17(2)8-6-9-18(24)3;1-16-9-7-10-17(2)23(16)22-15-26(4)25-24-18(3)11-8-13-20(24)19-12-5-6-14-21(19)27(22)25/h2*4-6,9,11-16H,7-8,10,17-20H2,1-3H3;6-15H,1-5H3;5-15H,1-4H3/q4*+1/i2D3;;;. The summed E-state index contributed by atoms with van der Waals surface area (Å²) in [4.78, 5) is 0. The third-order valence-corrected chi connectivity index (χ3v) is 32.2. The van der Waals surface area contributed by atoms with Gasteiger partial charge >= 0.3 is 0 Å². The highest BCUT2D eigenvalue weighted by Gasteiger charge is 2.67. The summed E-state index contributed by atoms with van der Waals surface area (Å²) in [6.45, 7) is 20.0. The largest absolute Gasteiger partial charge is 0.295 e. The maximum absolute atomic E-state index is 8.56. The molecule has 4 unspecified atom stereocenters. The molecule has 4 fully saturated rings. The van der Waals surface area contributed by atoms with Crippen molar-refractivity contribution in [2.75, 3.05) is 0 Å². The summed E-state index contributed by atoms with van der Waals surface area (Å²) in [7, 11) is 8.88. The Morgan fingerprint density at radius 3 is 1.08 bits per heavy atom. The number of hydrogen-bond donors (Lipinski definition) is 0. The third kappa shape index (κ3) is 10.5. The van der Waals surface area contributed by atoms with E-state index in [1.807, 2.05) is 6.07 Å². The molecular formula is C117H114N8+4. The Balaban J connectivity index is 0.0000000987. The van der Waals surface area contributed by atoms with Gasteiger partial charge in [-0.05, 0) is 201 Å². The monoisotopic (exact) mass is 1630 g/mol. The Morgan fingerprint density at radius 1 is 0.280 bits per heavy atom. The average molecular weight is 1640 g/mol. The van der Waals surface area contributed by atoms with E-state index in [9.17, 15) is 0 Å². The molecule has 8 nitrogen and oxygen atoms in total. The van der Waals surface area contributed by atoms with E-state index in [0.717, 1.165) is 16.3 Å². The fourth-order valence-corrected chi connectivity index (χ4v) is 27.3. The Bertz CT molecular complexity index is 8150. The van der Waals surface area contributed by atoms with Crippen molar-refractivity contribution < 1.29 is 22.4 Å². The van der Waals surface area contributed by atoms with Crippen LogP contribution in [0, 0.1) is 76.1 Å². The van der Waals surface area contributed by atoms with Crippen molar-refractivity contribution in [3.8, 4) is 45.0 Å². The SMILES string of the molecule is Cc1ccc2c(c1)c1cccc(C)c1c1n2c(-c2c(C)cccc2C)c[n+]1C.Cc1ccc2c3c1c1cccc(C)c1c1n3c(c(-c3ccccc3)[n+]1C)C13CCCCC21CCC3.Cc1cccc(C)c1-c1c[n+](C)c2c3c(C)cccc3c3ccccc3n12.[2H]C([2H])([2H])c1ccc2c3c1c1cccc(C)c1c1n3c(c(-c3ccccc3)[n+]1C)C13CCCCC21CCC3. The fourth-order valence-electron chi connectivity index (χ4n) is 27.3. The highest BCUT2D eigenvalue weighted by Crippen LogP contribution is 2.69. The topological polar surface area (TPSA) is 33.2 Å². The van der Waals surface area contributed by atoms with Gasteiger partial charge < -0.3 is 0 Å². The first-order valence-corrected chi connectivity index (χ1v) is 46.2. The van der Waals surface area contributed by atoms with Crippen molar-refractivity contribution in [2.45, 2.75) is 188 Å². The smallest absolute Gasteiger partial charge is 0.232 e. The minimum atomic E-state index is -2.19. The van der Waals surface area contributed by atoms with Crippen LogP contribution in [0.25, 0.3) is 154 Å². The molecule has 0 N–H and O–H groups in total. The molecule has 0 amide bonds. The molecule has 10 heterocycles. The molecule has 12 aromatic carbocycles. The van der Waals surface area contributed by atoms with Gasteiger partial charge in [0, 0.05) is 102 Å². The van der Waals surface area contributed by atoms with Crippen molar-refractivity contribution in [3.63, 3.8) is 0 Å². The van der Waals surface area contributed by atoms with Crippen LogP contribution in [0.15, 0.2) is 249 Å². The first kappa shape index (κ1) is 74.0. The first-order valence-electron chi connectivity index (χ1n) is 47.7. The molecule has 0 bridgehead atoms. The van der Waals surface area contributed by atoms with Crippen molar-refractivity contribution in [1.82, 2.24) is 17.6 Å². The molecule has 0 saturated heterocycles. The molecule has 4 saturated carbocycles. The van der Waals surface area contributed by atoms with Gasteiger partial charge in [-0.1, -0.05) is 262 Å². The van der Waals surface area contributed by atoms with Gasteiger partial charge in [0.2, 0.25) is 0 Å². The van der Waals surface area contributed by atoms with Gasteiger partial charge in [-0.2, -0.15) is 17.6 Å². The van der Waals surface area contributed by atoms with Crippen LogP contribution in [0.2, 0.25) is 0 Å². The molecule has 4 atom stereocenters. The summed E-state index contributed by atoms with van der Waals surface area (Å²) in [5.41, 5.74) is 41.1. The highest BCUT2D eigenvalue weighted by molar-refractivity contribution is 6.18. The number of aryl methyl sites for hydroxylation is 15. The molecule has 0 spiro atoms. The van der Waals surface area contributed by atoms with Crippen LogP contribution in [-0.2, 0) is 49.9 Å². The molecule has 125 heavy (non-hydrogen) atoms. The van der Waals surface area contributed by atoms with E-state index in [0.29, 0.717) is 5.56 Å². The van der Waals surface area contributed by atoms with Crippen LogP contribution in [0.1, 0.15) is 178 Å². The molecule has 2 aliphatic heterocycles. The number of benzene rings is 12. The maximum atomic E-state index is 8.56. The van der Waals surface area contributed by atoms with E-state index in [1.54, 1.807) is 11.3 Å². The number of fused-ring (bicyclic) bond motifs is 18. The van der Waals surface area contributed by atoms with E-state index in [4.69, 9.17) is 4.11 Å². The number of imidazole rings is 4. The van der Waals surface area contributed by atoms with Crippen LogP contribution in [-0.4, -0.2) is 17.6 Å². The van der Waals surface area contributed by atoms with Gasteiger partial charge in [-0.3, -0.25) is 0 Å². The van der Waals surface area contributed by atoms with E-state index >= 15 is 0 Å². The van der Waals surface area contributed by atoms with Crippen LogP contribution in [0.4, 0.5) is 0 Å². The van der Waals surface area contributed by atoms with Gasteiger partial charge in [0.25, 0.3) is 22.6 Å². The quantitative estimate of drug-likeness (QED) is 0.124. The van der Waals surface area contributed by atoms with E-state index in [-0.39, 0.29) is 21.7 Å². The van der Waals surface area contributed by atoms with Crippen molar-refractivity contribution in [1.29, 1.82) is 0 Å². The second-order valence-electron chi connectivity index (χ2n) is 38.7. The predicted molar refractivity (Wildman–Crippen MR) is 520 cm³/mol. The predicted octanol–water partition coefficient (Wildman–Crippen LogP) is 26.8. The van der Waals surface area contributed by atoms with Gasteiger partial charge in [0.15, 0.2) is 34.2 Å². The summed E-state index contributed by atoms with van der Waals surface area (Å²) < 4.78 is 45.5. The summed E-state index contributed by atoms with van der Waals surface area (Å²) >= 11 is 0. The lowest BCUT2D eigenvalue weighted by atomic mass is 9.52. The summed E-state index contributed by atoms with van der Waals surface area (Å²) in [5.74, 6) is 0. The van der Waals surface area contributed by atoms with Crippen molar-refractivity contribution in [3.05, 3.63) is 333 Å². The molecule has 8 aromatic heterocycles. The van der Waals surface area contributed by atoms with Crippen molar-refractivity contribution in [2.24, 2.45) is 28.2 Å². The zero-order valence-corrected chi connectivity index (χ0v) is 75.1. The second kappa shape index (κ2) is 28.2. The lowest BCUT2D eigenvalue weighted by Gasteiger charge is -2.51. The summed E-state index contributed by atoms with van der Waals surface area (Å²) in [6.07, 6.45) is 22.4. The van der Waals surface area contributed by atoms with Gasteiger partial charge in [0.05, 0.1) is 49.7 Å². The molecule has 618 valence electrons. The second-order valence-corrected chi connectivity index (χ2v) is 38.7. The van der Waals surface area contributed by atoms with Crippen LogP contribution >= 0.6 is 0 Å². The minimum absolute atomic E-state index is 0.0616. The number of hydrogen-bond acceptors (Lipinski definition) is 0. The minimum Gasteiger partial charge on any atom is -0.232 e. The Labute approximate surface area is 738 Å². The van der Waals surface area contributed by atoms with Gasteiger partial charge in [-0.15, -0.1) is 0 Å². The van der Waals surface area contributed by atoms with E-state index < -0.39 is 6.85 Å². The number of pyridine rings is 4. The molecular weight excluding hydrogens is 1520 g/mol. The van der Waals surface area contributed by atoms with Gasteiger partial charge in [0.1, 0.15) is 34.5 Å². The fraction of sp³-hybridized carbons (Fsp3) is 0.282. The normalized spacial score (nSPS) is 19.6.